The molecule has 2 aliphatic rings. The van der Waals surface area contributed by atoms with E-state index in [0.29, 0.717) is 25.4 Å². The topological polar surface area (TPSA) is 85.9 Å². The van der Waals surface area contributed by atoms with Crippen molar-refractivity contribution in [1.82, 2.24) is 29.2 Å². The predicted molar refractivity (Wildman–Crippen MR) is 90.0 cm³/mol. The van der Waals surface area contributed by atoms with Crippen LogP contribution >= 0.6 is 0 Å². The van der Waals surface area contributed by atoms with Gasteiger partial charge in [0, 0.05) is 37.9 Å². The van der Waals surface area contributed by atoms with Gasteiger partial charge >= 0.3 is 5.69 Å². The largest absolute Gasteiger partial charge is 0.345 e. The van der Waals surface area contributed by atoms with Crippen molar-refractivity contribution in [3.63, 3.8) is 0 Å². The lowest BCUT2D eigenvalue weighted by Crippen LogP contribution is -2.43. The van der Waals surface area contributed by atoms with Crippen molar-refractivity contribution in [3.8, 4) is 0 Å². The van der Waals surface area contributed by atoms with Crippen LogP contribution in [0.5, 0.6) is 0 Å². The average molecular weight is 342 g/mol. The molecule has 1 amide bonds. The normalized spacial score (nSPS) is 22.1. The van der Waals surface area contributed by atoms with E-state index >= 15 is 0 Å². The van der Waals surface area contributed by atoms with Crippen LogP contribution in [-0.4, -0.2) is 47.2 Å². The molecule has 1 saturated heterocycles. The van der Waals surface area contributed by atoms with E-state index in [0.717, 1.165) is 18.7 Å². The number of aromatic nitrogens is 5. The third-order valence-electron chi connectivity index (χ3n) is 4.96. The van der Waals surface area contributed by atoms with E-state index in [4.69, 9.17) is 0 Å². The number of hydrogen-bond acceptors (Lipinski definition) is 5. The Hall–Kier alpha value is -2.51. The number of rotatable bonds is 3. The molecule has 0 aromatic carbocycles. The lowest BCUT2D eigenvalue weighted by Gasteiger charge is -2.27. The van der Waals surface area contributed by atoms with Gasteiger partial charge in [-0.1, -0.05) is 13.8 Å². The van der Waals surface area contributed by atoms with Crippen LogP contribution in [0.1, 0.15) is 43.1 Å². The summed E-state index contributed by atoms with van der Waals surface area (Å²) in [4.78, 5) is 35.6. The zero-order valence-electron chi connectivity index (χ0n) is 14.5. The Labute approximate surface area is 145 Å². The smallest absolute Gasteiger partial charge is 0.328 e. The Kier molecular flexibility index (Phi) is 3.89. The highest BCUT2D eigenvalue weighted by Crippen LogP contribution is 2.31. The Morgan fingerprint density at radius 2 is 1.96 bits per heavy atom. The van der Waals surface area contributed by atoms with Crippen LogP contribution in [0.25, 0.3) is 0 Å². The molecule has 0 radical (unpaired) electrons. The molecular weight excluding hydrogens is 320 g/mol. The maximum Gasteiger partial charge on any atom is 0.345 e. The third kappa shape index (κ3) is 2.75. The van der Waals surface area contributed by atoms with Gasteiger partial charge in [0.1, 0.15) is 5.82 Å². The molecule has 4 rings (SSSR count). The summed E-state index contributed by atoms with van der Waals surface area (Å²) in [5, 5.41) is 4.53. The van der Waals surface area contributed by atoms with Gasteiger partial charge in [-0.05, 0) is 24.8 Å². The fourth-order valence-corrected chi connectivity index (χ4v) is 3.90. The van der Waals surface area contributed by atoms with E-state index in [1.54, 1.807) is 27.7 Å². The van der Waals surface area contributed by atoms with Gasteiger partial charge in [0.2, 0.25) is 5.82 Å². The summed E-state index contributed by atoms with van der Waals surface area (Å²) in [6.45, 7) is 5.26. The predicted octanol–water partition coefficient (Wildman–Crippen LogP) is 0.720. The summed E-state index contributed by atoms with van der Waals surface area (Å²) in [5.74, 6) is 1.21. The monoisotopic (exact) mass is 342 g/mol. The van der Waals surface area contributed by atoms with Crippen LogP contribution in [-0.2, 0) is 19.5 Å². The molecule has 2 atom stereocenters. The molecule has 0 spiro atoms. The molecule has 132 valence electrons. The van der Waals surface area contributed by atoms with Crippen LogP contribution in [0.2, 0.25) is 0 Å². The molecule has 0 N–H and O–H groups in total. The molecule has 8 nitrogen and oxygen atoms in total. The highest BCUT2D eigenvalue weighted by atomic mass is 16.2. The van der Waals surface area contributed by atoms with Gasteiger partial charge < -0.3 is 4.90 Å². The van der Waals surface area contributed by atoms with Crippen molar-refractivity contribution in [1.29, 1.82) is 0 Å². The second-order valence-corrected chi connectivity index (χ2v) is 7.26. The van der Waals surface area contributed by atoms with Crippen LogP contribution in [0.3, 0.4) is 0 Å². The van der Waals surface area contributed by atoms with Gasteiger partial charge in [-0.25, -0.2) is 19.4 Å². The minimum atomic E-state index is -0.152. The van der Waals surface area contributed by atoms with E-state index in [9.17, 15) is 9.59 Å². The molecule has 25 heavy (non-hydrogen) atoms. The van der Waals surface area contributed by atoms with Crippen LogP contribution in [0.15, 0.2) is 23.3 Å². The molecule has 0 saturated carbocycles. The Morgan fingerprint density at radius 1 is 1.24 bits per heavy atom. The van der Waals surface area contributed by atoms with E-state index in [1.165, 1.54) is 0 Å². The summed E-state index contributed by atoms with van der Waals surface area (Å²) in [6.07, 6.45) is 5.58. The molecular formula is C17H22N6O2. The zero-order chi connectivity index (χ0) is 17.6. The summed E-state index contributed by atoms with van der Waals surface area (Å²) in [7, 11) is 0. The molecule has 2 aromatic rings. The van der Waals surface area contributed by atoms with Gasteiger partial charge in [-0.15, -0.1) is 0 Å². The average Bonchev–Trinajstić information content (AvgIpc) is 3.04. The van der Waals surface area contributed by atoms with Gasteiger partial charge in [0.25, 0.3) is 5.91 Å². The third-order valence-corrected chi connectivity index (χ3v) is 4.96. The number of nitrogens with zero attached hydrogens (tertiary/aromatic N) is 6. The van der Waals surface area contributed by atoms with Crippen molar-refractivity contribution in [3.05, 3.63) is 40.6 Å². The first-order valence-corrected chi connectivity index (χ1v) is 8.80. The van der Waals surface area contributed by atoms with Crippen molar-refractivity contribution in [2.24, 2.45) is 5.92 Å². The zero-order valence-corrected chi connectivity index (χ0v) is 14.5. The summed E-state index contributed by atoms with van der Waals surface area (Å²) >= 11 is 0. The molecule has 2 aliphatic heterocycles. The summed E-state index contributed by atoms with van der Waals surface area (Å²) in [6, 6.07) is 1.74. The minimum absolute atomic E-state index is 0.00282. The van der Waals surface area contributed by atoms with Gasteiger partial charge in [0.15, 0.2) is 0 Å². The number of carbonyl (C=O) groups is 1. The lowest BCUT2D eigenvalue weighted by atomic mass is 10.1. The highest BCUT2D eigenvalue weighted by molar-refractivity contribution is 5.91. The molecule has 1 fully saturated rings. The van der Waals surface area contributed by atoms with E-state index in [1.807, 2.05) is 4.90 Å². The van der Waals surface area contributed by atoms with Crippen LogP contribution in [0.4, 0.5) is 0 Å². The quantitative estimate of drug-likeness (QED) is 0.820. The van der Waals surface area contributed by atoms with E-state index in [-0.39, 0.29) is 29.5 Å². The number of carbonyl (C=O) groups excluding carboxylic acids is 1. The van der Waals surface area contributed by atoms with Gasteiger partial charge in [-0.3, -0.25) is 9.36 Å². The first-order valence-electron chi connectivity index (χ1n) is 8.80. The molecule has 8 heteroatoms. The standard InChI is InChI=1S/C17H22N6O2/c1-11(2)9-22-17(25)21-10-13-5-4-12(8-14(21)20-22)23(13)16(24)15-18-6-3-7-19-15/h3,6-7,11-13H,4-5,8-10H2,1-2H3/t12-,13+/m0/s1. The van der Waals surface area contributed by atoms with E-state index < -0.39 is 0 Å². The Morgan fingerprint density at radius 3 is 2.68 bits per heavy atom. The number of fused-ring (bicyclic) bond motifs is 3. The Bertz CT molecular complexity index is 841. The second-order valence-electron chi connectivity index (χ2n) is 7.26. The minimum Gasteiger partial charge on any atom is -0.328 e. The second kappa shape index (κ2) is 6.09. The lowest BCUT2D eigenvalue weighted by molar-refractivity contribution is 0.0652. The van der Waals surface area contributed by atoms with Crippen molar-refractivity contribution >= 4 is 5.91 Å². The van der Waals surface area contributed by atoms with Crippen molar-refractivity contribution in [2.45, 2.75) is 58.3 Å². The van der Waals surface area contributed by atoms with Crippen LogP contribution in [0, 0.1) is 5.92 Å². The van der Waals surface area contributed by atoms with Gasteiger partial charge in [0.05, 0.1) is 6.04 Å². The molecule has 2 bridgehead atoms. The molecule has 2 aromatic heterocycles. The highest BCUT2D eigenvalue weighted by Gasteiger charge is 2.42. The number of hydrogen-bond donors (Lipinski definition) is 0. The maximum atomic E-state index is 12.9. The molecule has 0 aliphatic carbocycles. The van der Waals surface area contributed by atoms with Gasteiger partial charge in [-0.2, -0.15) is 5.10 Å². The van der Waals surface area contributed by atoms with Crippen molar-refractivity contribution < 1.29 is 4.79 Å². The summed E-state index contributed by atoms with van der Waals surface area (Å²) < 4.78 is 3.32. The van der Waals surface area contributed by atoms with E-state index in [2.05, 4.69) is 28.9 Å². The fourth-order valence-electron chi connectivity index (χ4n) is 3.90. The SMILES string of the molecule is CC(C)Cn1nc2n(c1=O)C[C@H]1CC[C@@H](C2)N1C(=O)c1ncccn1. The molecule has 4 heterocycles. The van der Waals surface area contributed by atoms with Crippen LogP contribution < -0.4 is 5.69 Å². The fraction of sp³-hybridized carbons (Fsp3) is 0.588. The Balaban J connectivity index is 1.64. The van der Waals surface area contributed by atoms with Crippen molar-refractivity contribution in [2.75, 3.05) is 0 Å². The molecule has 0 unspecified atom stereocenters. The summed E-state index contributed by atoms with van der Waals surface area (Å²) in [5.41, 5.74) is -0.0698. The maximum absolute atomic E-state index is 12.9. The first-order chi connectivity index (χ1) is 12.0. The number of amides is 1. The first kappa shape index (κ1) is 16.0.